The van der Waals surface area contributed by atoms with Gasteiger partial charge in [-0.1, -0.05) is 13.8 Å². The summed E-state index contributed by atoms with van der Waals surface area (Å²) in [5, 5.41) is 8.07. The Bertz CT molecular complexity index is 385. The van der Waals surface area contributed by atoms with Gasteiger partial charge in [0, 0.05) is 31.9 Å². The fourth-order valence-electron chi connectivity index (χ4n) is 2.96. The van der Waals surface area contributed by atoms with Crippen molar-refractivity contribution in [1.29, 1.82) is 0 Å². The molecule has 1 atom stereocenters. The molecule has 19 heavy (non-hydrogen) atoms. The van der Waals surface area contributed by atoms with Crippen molar-refractivity contribution in [2.75, 3.05) is 26.2 Å². The molecule has 0 saturated carbocycles. The fraction of sp³-hybridized carbons (Fsp3) is 0.800. The minimum Gasteiger partial charge on any atom is -0.316 e. The van der Waals surface area contributed by atoms with Gasteiger partial charge < -0.3 is 5.32 Å². The van der Waals surface area contributed by atoms with E-state index >= 15 is 0 Å². The van der Waals surface area contributed by atoms with Crippen LogP contribution in [0.15, 0.2) is 6.20 Å². The van der Waals surface area contributed by atoms with E-state index in [9.17, 15) is 0 Å². The van der Waals surface area contributed by atoms with Crippen LogP contribution in [0.25, 0.3) is 0 Å². The second kappa shape index (κ2) is 7.06. The SMILES string of the molecule is CCCNCC1CCN(Cc2cn(C)nc2CC)C1. The zero-order valence-electron chi connectivity index (χ0n) is 12.7. The van der Waals surface area contributed by atoms with Crippen LogP contribution in [0, 0.1) is 5.92 Å². The van der Waals surface area contributed by atoms with Gasteiger partial charge in [0.1, 0.15) is 0 Å². The van der Waals surface area contributed by atoms with Gasteiger partial charge in [0.25, 0.3) is 0 Å². The van der Waals surface area contributed by atoms with Crippen LogP contribution in [0.5, 0.6) is 0 Å². The van der Waals surface area contributed by atoms with Crippen LogP contribution in [-0.4, -0.2) is 40.9 Å². The van der Waals surface area contributed by atoms with Crippen LogP contribution in [0.1, 0.15) is 37.9 Å². The van der Waals surface area contributed by atoms with Gasteiger partial charge in [-0.3, -0.25) is 9.58 Å². The van der Waals surface area contributed by atoms with Crippen LogP contribution in [0.3, 0.4) is 0 Å². The number of rotatable bonds is 7. The Labute approximate surface area is 117 Å². The van der Waals surface area contributed by atoms with Crippen LogP contribution in [-0.2, 0) is 20.0 Å². The molecule has 0 aromatic carbocycles. The molecule has 0 amide bonds. The molecule has 1 fully saturated rings. The fourth-order valence-corrected chi connectivity index (χ4v) is 2.96. The van der Waals surface area contributed by atoms with Crippen LogP contribution in [0.4, 0.5) is 0 Å². The van der Waals surface area contributed by atoms with Crippen molar-refractivity contribution in [2.45, 2.75) is 39.7 Å². The number of likely N-dealkylation sites (tertiary alicyclic amines) is 1. The van der Waals surface area contributed by atoms with Crippen molar-refractivity contribution in [3.8, 4) is 0 Å². The summed E-state index contributed by atoms with van der Waals surface area (Å²) in [7, 11) is 2.02. The van der Waals surface area contributed by atoms with E-state index in [4.69, 9.17) is 0 Å². The van der Waals surface area contributed by atoms with Gasteiger partial charge in [0.15, 0.2) is 0 Å². The summed E-state index contributed by atoms with van der Waals surface area (Å²) < 4.78 is 1.95. The number of nitrogens with one attached hydrogen (secondary N) is 1. The molecule has 4 nitrogen and oxygen atoms in total. The number of hydrogen-bond acceptors (Lipinski definition) is 3. The topological polar surface area (TPSA) is 33.1 Å². The van der Waals surface area contributed by atoms with E-state index in [0.29, 0.717) is 0 Å². The van der Waals surface area contributed by atoms with E-state index in [1.807, 2.05) is 11.7 Å². The van der Waals surface area contributed by atoms with E-state index in [1.165, 1.54) is 43.7 Å². The van der Waals surface area contributed by atoms with Crippen molar-refractivity contribution >= 4 is 0 Å². The standard InChI is InChI=1S/C15H28N4/c1-4-7-16-9-13-6-8-19(10-13)12-14-11-18(3)17-15(14)5-2/h11,13,16H,4-10,12H2,1-3H3. The van der Waals surface area contributed by atoms with Gasteiger partial charge in [-0.05, 0) is 44.8 Å². The predicted octanol–water partition coefficient (Wildman–Crippen LogP) is 1.80. The van der Waals surface area contributed by atoms with Crippen LogP contribution in [0.2, 0.25) is 0 Å². The molecule has 1 aromatic rings. The van der Waals surface area contributed by atoms with Gasteiger partial charge in [-0.25, -0.2) is 0 Å². The Kier molecular flexibility index (Phi) is 5.40. The highest BCUT2D eigenvalue weighted by atomic mass is 15.3. The third-order valence-electron chi connectivity index (χ3n) is 3.95. The average Bonchev–Trinajstić information content (AvgIpc) is 2.97. The highest BCUT2D eigenvalue weighted by Gasteiger charge is 2.23. The summed E-state index contributed by atoms with van der Waals surface area (Å²) >= 11 is 0. The largest absolute Gasteiger partial charge is 0.316 e. The maximum atomic E-state index is 4.53. The second-order valence-electron chi connectivity index (χ2n) is 5.72. The second-order valence-corrected chi connectivity index (χ2v) is 5.72. The van der Waals surface area contributed by atoms with Gasteiger partial charge in [-0.2, -0.15) is 5.10 Å². The lowest BCUT2D eigenvalue weighted by Crippen LogP contribution is -2.26. The summed E-state index contributed by atoms with van der Waals surface area (Å²) in [5.41, 5.74) is 2.67. The van der Waals surface area contributed by atoms with Gasteiger partial charge in [-0.15, -0.1) is 0 Å². The summed E-state index contributed by atoms with van der Waals surface area (Å²) in [6.45, 7) is 10.3. The third-order valence-corrected chi connectivity index (χ3v) is 3.95. The predicted molar refractivity (Wildman–Crippen MR) is 79.1 cm³/mol. The number of aryl methyl sites for hydroxylation is 2. The lowest BCUT2D eigenvalue weighted by Gasteiger charge is -2.16. The molecule has 1 unspecified atom stereocenters. The molecule has 1 N–H and O–H groups in total. The molecular weight excluding hydrogens is 236 g/mol. The summed E-state index contributed by atoms with van der Waals surface area (Å²) in [6, 6.07) is 0. The average molecular weight is 264 g/mol. The zero-order valence-corrected chi connectivity index (χ0v) is 12.7. The van der Waals surface area contributed by atoms with Gasteiger partial charge in [0.05, 0.1) is 5.69 Å². The molecule has 108 valence electrons. The molecular formula is C15H28N4. The molecule has 0 radical (unpaired) electrons. The van der Waals surface area contributed by atoms with Crippen molar-refractivity contribution in [3.63, 3.8) is 0 Å². The Hall–Kier alpha value is -0.870. The van der Waals surface area contributed by atoms with Crippen molar-refractivity contribution in [2.24, 2.45) is 13.0 Å². The molecule has 1 aliphatic rings. The maximum absolute atomic E-state index is 4.53. The van der Waals surface area contributed by atoms with E-state index < -0.39 is 0 Å². The molecule has 1 aliphatic heterocycles. The highest BCUT2D eigenvalue weighted by Crippen LogP contribution is 2.19. The summed E-state index contributed by atoms with van der Waals surface area (Å²) in [5.74, 6) is 0.827. The number of aromatic nitrogens is 2. The highest BCUT2D eigenvalue weighted by molar-refractivity contribution is 5.17. The zero-order chi connectivity index (χ0) is 13.7. The first kappa shape index (κ1) is 14.5. The molecule has 4 heteroatoms. The molecule has 0 bridgehead atoms. The van der Waals surface area contributed by atoms with Gasteiger partial charge in [0.2, 0.25) is 0 Å². The number of hydrogen-bond donors (Lipinski definition) is 1. The van der Waals surface area contributed by atoms with Crippen LogP contribution >= 0.6 is 0 Å². The normalized spacial score (nSPS) is 20.3. The Morgan fingerprint density at radius 1 is 1.42 bits per heavy atom. The van der Waals surface area contributed by atoms with Crippen molar-refractivity contribution < 1.29 is 0 Å². The number of nitrogens with zero attached hydrogens (tertiary/aromatic N) is 3. The first-order chi connectivity index (χ1) is 9.22. The molecule has 1 aromatic heterocycles. The van der Waals surface area contributed by atoms with Crippen LogP contribution < -0.4 is 5.32 Å². The molecule has 0 aliphatic carbocycles. The smallest absolute Gasteiger partial charge is 0.0666 e. The minimum atomic E-state index is 0.827. The summed E-state index contributed by atoms with van der Waals surface area (Å²) in [6.07, 6.45) is 5.78. The Morgan fingerprint density at radius 3 is 3.00 bits per heavy atom. The van der Waals surface area contributed by atoms with E-state index in [2.05, 4.69) is 35.4 Å². The van der Waals surface area contributed by atoms with E-state index in [-0.39, 0.29) is 0 Å². The first-order valence-corrected chi connectivity index (χ1v) is 7.67. The van der Waals surface area contributed by atoms with E-state index in [0.717, 1.165) is 25.4 Å². The Morgan fingerprint density at radius 2 is 2.26 bits per heavy atom. The molecule has 0 spiro atoms. The molecule has 2 rings (SSSR count). The molecule has 2 heterocycles. The summed E-state index contributed by atoms with van der Waals surface area (Å²) in [4.78, 5) is 2.58. The first-order valence-electron chi connectivity index (χ1n) is 7.67. The lowest BCUT2D eigenvalue weighted by molar-refractivity contribution is 0.313. The minimum absolute atomic E-state index is 0.827. The third kappa shape index (κ3) is 4.05. The molecule has 1 saturated heterocycles. The van der Waals surface area contributed by atoms with Crippen molar-refractivity contribution in [3.05, 3.63) is 17.5 Å². The van der Waals surface area contributed by atoms with Gasteiger partial charge >= 0.3 is 0 Å². The quantitative estimate of drug-likeness (QED) is 0.762. The van der Waals surface area contributed by atoms with E-state index in [1.54, 1.807) is 0 Å². The monoisotopic (exact) mass is 264 g/mol. The Balaban J connectivity index is 1.81. The van der Waals surface area contributed by atoms with Crippen molar-refractivity contribution in [1.82, 2.24) is 20.0 Å². The lowest BCUT2D eigenvalue weighted by atomic mass is 10.1. The maximum Gasteiger partial charge on any atom is 0.0666 e.